The molecule has 0 fully saturated rings. The van der Waals surface area contributed by atoms with Gasteiger partial charge in [0.2, 0.25) is 0 Å². The first-order valence-electron chi connectivity index (χ1n) is 25.0. The van der Waals surface area contributed by atoms with Crippen LogP contribution in [0.5, 0.6) is 0 Å². The number of unbranched alkanes of at least 4 members (excludes halogenated alkanes) is 6. The molecule has 0 saturated heterocycles. The average molecular weight is 873 g/mol. The molecule has 2 N–H and O–H groups in total. The molecule has 0 heterocycles. The molecule has 0 bridgehead atoms. The Labute approximate surface area is 399 Å². The van der Waals surface area contributed by atoms with E-state index in [9.17, 15) is 0 Å². The van der Waals surface area contributed by atoms with Gasteiger partial charge in [-0.15, -0.1) is 0 Å². The number of hydrogen-bond acceptors (Lipinski definition) is 2. The Bertz CT molecular complexity index is 2460. The van der Waals surface area contributed by atoms with E-state index in [0.717, 1.165) is 35.6 Å². The van der Waals surface area contributed by atoms with E-state index in [0.29, 0.717) is 0 Å². The fraction of sp³-hybridized carbons (Fsp3) is 0.344. The summed E-state index contributed by atoms with van der Waals surface area (Å²) in [4.78, 5) is 0. The van der Waals surface area contributed by atoms with Crippen molar-refractivity contribution in [3.05, 3.63) is 179 Å². The van der Waals surface area contributed by atoms with Gasteiger partial charge in [0.05, 0.1) is 0 Å². The molecule has 0 saturated carbocycles. The third-order valence-electron chi connectivity index (χ3n) is 13.5. The van der Waals surface area contributed by atoms with Crippen molar-refractivity contribution in [1.29, 1.82) is 0 Å². The number of aryl methyl sites for hydroxylation is 4. The van der Waals surface area contributed by atoms with Crippen LogP contribution in [0.3, 0.4) is 0 Å². The second-order valence-corrected chi connectivity index (χ2v) is 20.9. The van der Waals surface area contributed by atoms with Crippen LogP contribution in [-0.2, 0) is 23.7 Å². The molecule has 0 aliphatic carbocycles. The topological polar surface area (TPSA) is 24.1 Å². The monoisotopic (exact) mass is 873 g/mol. The number of hydrogen-bond donors (Lipinski definition) is 2. The lowest BCUT2D eigenvalue weighted by Gasteiger charge is -2.21. The zero-order valence-corrected chi connectivity index (χ0v) is 41.9. The van der Waals surface area contributed by atoms with Crippen LogP contribution in [0.2, 0.25) is 0 Å². The molecule has 0 aliphatic rings. The first-order chi connectivity index (χ1) is 31.7. The maximum Gasteiger partial charge on any atom is 0.0387 e. The van der Waals surface area contributed by atoms with E-state index < -0.39 is 0 Å². The maximum absolute atomic E-state index is 3.71. The van der Waals surface area contributed by atoms with Gasteiger partial charge in [-0.25, -0.2) is 0 Å². The van der Waals surface area contributed by atoms with Crippen molar-refractivity contribution < 1.29 is 0 Å². The Morgan fingerprint density at radius 1 is 0.333 bits per heavy atom. The standard InChI is InChI=1S/C64H76N2/c1-11-13-15-17-19-51-43-62(60-40-38-58(42-46(60)4)66-56-35-27-50(28-36-56)48-23-31-54(32-24-48)64(8,9)10)52(20-18-16-14-12-2)44-61(51)59-39-37-57(41-45(59)3)65-55-33-25-49(26-34-55)47-21-29-53(30-22-47)63(5,6)7/h21-44,65-66H,11-20H2,1-10H3. The molecule has 0 unspecified atom stereocenters. The lowest BCUT2D eigenvalue weighted by Crippen LogP contribution is -2.10. The highest BCUT2D eigenvalue weighted by molar-refractivity contribution is 5.82. The van der Waals surface area contributed by atoms with E-state index in [2.05, 4.69) is 225 Å². The van der Waals surface area contributed by atoms with Crippen molar-refractivity contribution in [3.63, 3.8) is 0 Å². The van der Waals surface area contributed by atoms with Crippen LogP contribution < -0.4 is 10.6 Å². The maximum atomic E-state index is 3.71. The Hall–Kier alpha value is -5.86. The lowest BCUT2D eigenvalue weighted by atomic mass is 9.85. The first-order valence-corrected chi connectivity index (χ1v) is 25.0. The smallest absolute Gasteiger partial charge is 0.0387 e. The van der Waals surface area contributed by atoms with Gasteiger partial charge in [0.15, 0.2) is 0 Å². The number of anilines is 4. The van der Waals surface area contributed by atoms with Crippen LogP contribution in [0.15, 0.2) is 146 Å². The molecule has 0 aromatic heterocycles. The van der Waals surface area contributed by atoms with Crippen molar-refractivity contribution in [2.75, 3.05) is 10.6 Å². The molecule has 342 valence electrons. The van der Waals surface area contributed by atoms with Gasteiger partial charge in [-0.2, -0.15) is 0 Å². The summed E-state index contributed by atoms with van der Waals surface area (Å²) in [6.45, 7) is 22.8. The molecule has 2 heteroatoms. The third kappa shape index (κ3) is 12.3. The quantitative estimate of drug-likeness (QED) is 0.0840. The second-order valence-electron chi connectivity index (χ2n) is 20.9. The summed E-state index contributed by atoms with van der Waals surface area (Å²) >= 11 is 0. The number of benzene rings is 7. The van der Waals surface area contributed by atoms with E-state index in [1.54, 1.807) is 0 Å². The summed E-state index contributed by atoms with van der Waals surface area (Å²) in [7, 11) is 0. The van der Waals surface area contributed by atoms with Crippen LogP contribution in [0, 0.1) is 13.8 Å². The van der Waals surface area contributed by atoms with Crippen molar-refractivity contribution in [2.45, 2.75) is 144 Å². The minimum absolute atomic E-state index is 0.150. The summed E-state index contributed by atoms with van der Waals surface area (Å²) in [5.74, 6) is 0. The fourth-order valence-corrected chi connectivity index (χ4v) is 9.33. The van der Waals surface area contributed by atoms with Gasteiger partial charge in [0, 0.05) is 22.7 Å². The molecule has 0 radical (unpaired) electrons. The van der Waals surface area contributed by atoms with Gasteiger partial charge in [-0.3, -0.25) is 0 Å². The summed E-state index contributed by atoms with van der Waals surface area (Å²) in [6.07, 6.45) is 12.1. The molecular weight excluding hydrogens is 797 g/mol. The second kappa shape index (κ2) is 21.6. The molecule has 2 nitrogen and oxygen atoms in total. The first kappa shape index (κ1) is 48.1. The van der Waals surface area contributed by atoms with Crippen LogP contribution in [-0.4, -0.2) is 0 Å². The van der Waals surface area contributed by atoms with E-state index >= 15 is 0 Å². The van der Waals surface area contributed by atoms with E-state index in [1.165, 1.54) is 129 Å². The highest BCUT2D eigenvalue weighted by atomic mass is 14.9. The minimum Gasteiger partial charge on any atom is -0.356 e. The highest BCUT2D eigenvalue weighted by Crippen LogP contribution is 2.39. The Kier molecular flexibility index (Phi) is 15.8. The molecular formula is C64H76N2. The summed E-state index contributed by atoms with van der Waals surface area (Å²) in [5, 5.41) is 7.42. The lowest BCUT2D eigenvalue weighted by molar-refractivity contribution is 0.590. The van der Waals surface area contributed by atoms with Crippen LogP contribution in [0.25, 0.3) is 44.5 Å². The van der Waals surface area contributed by atoms with Crippen molar-refractivity contribution in [1.82, 2.24) is 0 Å². The van der Waals surface area contributed by atoms with Gasteiger partial charge in [-0.1, -0.05) is 191 Å². The van der Waals surface area contributed by atoms with Crippen molar-refractivity contribution in [2.24, 2.45) is 0 Å². The van der Waals surface area contributed by atoms with E-state index in [-0.39, 0.29) is 10.8 Å². The molecule has 0 amide bonds. The van der Waals surface area contributed by atoms with Gasteiger partial charge >= 0.3 is 0 Å². The Morgan fingerprint density at radius 3 is 0.955 bits per heavy atom. The molecule has 0 atom stereocenters. The number of rotatable bonds is 18. The SMILES string of the molecule is CCCCCCc1cc(-c2ccc(Nc3ccc(-c4ccc(C(C)(C)C)cc4)cc3)cc2C)c(CCCCCC)cc1-c1ccc(Nc2ccc(-c3ccc(C(C)(C)C)cc3)cc2)cc1C. The Morgan fingerprint density at radius 2 is 0.652 bits per heavy atom. The molecule has 0 aliphatic heterocycles. The van der Waals surface area contributed by atoms with Crippen LogP contribution in [0.4, 0.5) is 22.7 Å². The highest BCUT2D eigenvalue weighted by Gasteiger charge is 2.18. The normalized spacial score (nSPS) is 11.8. The zero-order chi connectivity index (χ0) is 46.8. The molecule has 7 aromatic carbocycles. The predicted molar refractivity (Wildman–Crippen MR) is 290 cm³/mol. The molecule has 7 aromatic rings. The van der Waals surface area contributed by atoms with Gasteiger partial charge in [-0.05, 0) is 177 Å². The number of nitrogens with one attached hydrogen (secondary N) is 2. The average Bonchev–Trinajstić information content (AvgIpc) is 3.30. The molecule has 7 rings (SSSR count). The van der Waals surface area contributed by atoms with Crippen LogP contribution in [0.1, 0.15) is 140 Å². The van der Waals surface area contributed by atoms with Crippen molar-refractivity contribution in [3.8, 4) is 44.5 Å². The zero-order valence-electron chi connectivity index (χ0n) is 41.9. The van der Waals surface area contributed by atoms with Gasteiger partial charge < -0.3 is 10.6 Å². The van der Waals surface area contributed by atoms with Gasteiger partial charge in [0.25, 0.3) is 0 Å². The largest absolute Gasteiger partial charge is 0.356 e. The summed E-state index contributed by atoms with van der Waals surface area (Å²) < 4.78 is 0. The van der Waals surface area contributed by atoms with E-state index in [4.69, 9.17) is 0 Å². The van der Waals surface area contributed by atoms with Crippen molar-refractivity contribution >= 4 is 22.7 Å². The molecule has 66 heavy (non-hydrogen) atoms. The predicted octanol–water partition coefficient (Wildman–Crippen LogP) is 19.3. The van der Waals surface area contributed by atoms with E-state index in [1.807, 2.05) is 0 Å². The minimum atomic E-state index is 0.150. The summed E-state index contributed by atoms with van der Waals surface area (Å²) in [6, 6.07) is 54.8. The van der Waals surface area contributed by atoms with Gasteiger partial charge in [0.1, 0.15) is 0 Å². The Balaban J connectivity index is 1.14. The third-order valence-corrected chi connectivity index (χ3v) is 13.5. The fourth-order valence-electron chi connectivity index (χ4n) is 9.33. The summed E-state index contributed by atoms with van der Waals surface area (Å²) in [5.41, 5.74) is 23.4. The van der Waals surface area contributed by atoms with Crippen LogP contribution >= 0.6 is 0 Å². The molecule has 0 spiro atoms.